The Morgan fingerprint density at radius 2 is 1.11 bits per heavy atom. The Morgan fingerprint density at radius 3 is 1.79 bits per heavy atom. The van der Waals surface area contributed by atoms with Crippen molar-refractivity contribution in [1.82, 2.24) is 0 Å². The number of aryl methyl sites for hydroxylation is 3. The lowest BCUT2D eigenvalue weighted by Gasteiger charge is -2.16. The van der Waals surface area contributed by atoms with Gasteiger partial charge in [-0.2, -0.15) is 0 Å². The molecule has 2 aromatic carbocycles. The van der Waals surface area contributed by atoms with Gasteiger partial charge in [-0.05, 0) is 92.5 Å². The quantitative estimate of drug-likeness (QED) is 0.695. The molecule has 2 rings (SSSR count). The van der Waals surface area contributed by atoms with Gasteiger partial charge in [0.15, 0.2) is 0 Å². The Balaban J connectivity index is 2.48. The first-order valence-electron chi connectivity index (χ1n) is 7.03. The van der Waals surface area contributed by atoms with Crippen LogP contribution in [0.1, 0.15) is 44.5 Å². The molecule has 0 heterocycles. The molecule has 0 atom stereocenters. The van der Waals surface area contributed by atoms with Crippen molar-refractivity contribution in [2.24, 2.45) is 0 Å². The van der Waals surface area contributed by atoms with Gasteiger partial charge >= 0.3 is 0 Å². The standard InChI is InChI=1S/C19H24/c1-12-9-10-18(17(6)15(12)4)11-19-14(3)8-7-13(2)16(19)5/h7-10H,11H2,1-6H3. The predicted octanol–water partition coefficient (Wildman–Crippen LogP) is 5.13. The summed E-state index contributed by atoms with van der Waals surface area (Å²) in [4.78, 5) is 0. The van der Waals surface area contributed by atoms with Crippen LogP contribution in [0.15, 0.2) is 24.3 Å². The van der Waals surface area contributed by atoms with E-state index in [0.717, 1.165) is 6.42 Å². The number of benzene rings is 2. The summed E-state index contributed by atoms with van der Waals surface area (Å²) in [6, 6.07) is 9.01. The zero-order valence-electron chi connectivity index (χ0n) is 13.0. The molecule has 2 aromatic rings. The summed E-state index contributed by atoms with van der Waals surface area (Å²) in [5.74, 6) is 0. The summed E-state index contributed by atoms with van der Waals surface area (Å²) < 4.78 is 0. The van der Waals surface area contributed by atoms with Gasteiger partial charge < -0.3 is 0 Å². The largest absolute Gasteiger partial charge is 0.0588 e. The summed E-state index contributed by atoms with van der Waals surface area (Å²) in [5, 5.41) is 0. The maximum atomic E-state index is 2.29. The Bertz CT molecular complexity index is 618. The van der Waals surface area contributed by atoms with Crippen LogP contribution in [0.5, 0.6) is 0 Å². The topological polar surface area (TPSA) is 0 Å². The Labute approximate surface area is 117 Å². The molecule has 100 valence electrons. The van der Waals surface area contributed by atoms with E-state index in [0.29, 0.717) is 0 Å². The van der Waals surface area contributed by atoms with Crippen LogP contribution >= 0.6 is 0 Å². The number of hydrogen-bond donors (Lipinski definition) is 0. The van der Waals surface area contributed by atoms with Crippen LogP contribution in [0.25, 0.3) is 0 Å². The van der Waals surface area contributed by atoms with E-state index in [4.69, 9.17) is 0 Å². The normalized spacial score (nSPS) is 10.8. The van der Waals surface area contributed by atoms with Crippen molar-refractivity contribution in [3.05, 3.63) is 68.8 Å². The summed E-state index contributed by atoms with van der Waals surface area (Å²) >= 11 is 0. The van der Waals surface area contributed by atoms with Crippen molar-refractivity contribution >= 4 is 0 Å². The molecule has 0 unspecified atom stereocenters. The molecule has 0 heteroatoms. The van der Waals surface area contributed by atoms with Crippen LogP contribution in [0.4, 0.5) is 0 Å². The van der Waals surface area contributed by atoms with Crippen LogP contribution in [-0.4, -0.2) is 0 Å². The molecule has 0 bridgehead atoms. The van der Waals surface area contributed by atoms with E-state index in [1.54, 1.807) is 0 Å². The second-order valence-corrected chi connectivity index (χ2v) is 5.77. The molecule has 0 aliphatic carbocycles. The first kappa shape index (κ1) is 13.9. The van der Waals surface area contributed by atoms with Gasteiger partial charge in [0.1, 0.15) is 0 Å². The lowest BCUT2D eigenvalue weighted by atomic mass is 9.89. The summed E-state index contributed by atoms with van der Waals surface area (Å²) in [5.41, 5.74) is 11.5. The van der Waals surface area contributed by atoms with Crippen molar-refractivity contribution in [3.8, 4) is 0 Å². The SMILES string of the molecule is Cc1ccc(Cc2c(C)ccc(C)c2C)c(C)c1C. The van der Waals surface area contributed by atoms with Gasteiger partial charge in [0.05, 0.1) is 0 Å². The zero-order chi connectivity index (χ0) is 14.2. The molecule has 0 saturated carbocycles. The highest BCUT2D eigenvalue weighted by atomic mass is 14.1. The number of hydrogen-bond acceptors (Lipinski definition) is 0. The lowest BCUT2D eigenvalue weighted by molar-refractivity contribution is 1.07. The van der Waals surface area contributed by atoms with Gasteiger partial charge in [-0.15, -0.1) is 0 Å². The molecule has 0 aliphatic rings. The summed E-state index contributed by atoms with van der Waals surface area (Å²) in [6.45, 7) is 13.3. The average Bonchev–Trinajstić information content (AvgIpc) is 2.39. The predicted molar refractivity (Wildman–Crippen MR) is 84.1 cm³/mol. The van der Waals surface area contributed by atoms with Crippen LogP contribution in [0, 0.1) is 41.5 Å². The van der Waals surface area contributed by atoms with E-state index in [9.17, 15) is 0 Å². The maximum absolute atomic E-state index is 2.29. The van der Waals surface area contributed by atoms with E-state index < -0.39 is 0 Å². The van der Waals surface area contributed by atoms with Crippen LogP contribution < -0.4 is 0 Å². The van der Waals surface area contributed by atoms with Gasteiger partial charge in [-0.25, -0.2) is 0 Å². The van der Waals surface area contributed by atoms with E-state index in [1.165, 1.54) is 44.5 Å². The zero-order valence-corrected chi connectivity index (χ0v) is 13.0. The summed E-state index contributed by atoms with van der Waals surface area (Å²) in [7, 11) is 0. The molecular formula is C19H24. The van der Waals surface area contributed by atoms with Crippen LogP contribution in [0.2, 0.25) is 0 Å². The highest BCUT2D eigenvalue weighted by molar-refractivity contribution is 5.46. The van der Waals surface area contributed by atoms with Crippen molar-refractivity contribution in [2.75, 3.05) is 0 Å². The van der Waals surface area contributed by atoms with Gasteiger partial charge in [0.25, 0.3) is 0 Å². The van der Waals surface area contributed by atoms with Gasteiger partial charge in [-0.1, -0.05) is 24.3 Å². The maximum Gasteiger partial charge on any atom is -0.00177 e. The molecule has 0 fully saturated rings. The Kier molecular flexibility index (Phi) is 3.80. The smallest absolute Gasteiger partial charge is 0.00177 e. The second kappa shape index (κ2) is 5.21. The van der Waals surface area contributed by atoms with E-state index >= 15 is 0 Å². The monoisotopic (exact) mass is 252 g/mol. The van der Waals surface area contributed by atoms with Crippen molar-refractivity contribution in [3.63, 3.8) is 0 Å². The van der Waals surface area contributed by atoms with Gasteiger partial charge in [0.2, 0.25) is 0 Å². The molecule has 0 radical (unpaired) electrons. The second-order valence-electron chi connectivity index (χ2n) is 5.77. The lowest BCUT2D eigenvalue weighted by Crippen LogP contribution is -2.01. The first-order chi connectivity index (χ1) is 8.91. The fourth-order valence-corrected chi connectivity index (χ4v) is 2.68. The minimum absolute atomic E-state index is 1.05. The van der Waals surface area contributed by atoms with E-state index in [-0.39, 0.29) is 0 Å². The Morgan fingerprint density at radius 1 is 0.579 bits per heavy atom. The summed E-state index contributed by atoms with van der Waals surface area (Å²) in [6.07, 6.45) is 1.05. The number of rotatable bonds is 2. The Hall–Kier alpha value is -1.56. The molecule has 19 heavy (non-hydrogen) atoms. The van der Waals surface area contributed by atoms with E-state index in [1.807, 2.05) is 0 Å². The minimum atomic E-state index is 1.05. The van der Waals surface area contributed by atoms with E-state index in [2.05, 4.69) is 65.8 Å². The third-order valence-corrected chi connectivity index (χ3v) is 4.64. The molecule has 0 saturated heterocycles. The average molecular weight is 252 g/mol. The third-order valence-electron chi connectivity index (χ3n) is 4.64. The molecule has 0 nitrogen and oxygen atoms in total. The van der Waals surface area contributed by atoms with Gasteiger partial charge in [-0.3, -0.25) is 0 Å². The fraction of sp³-hybridized carbons (Fsp3) is 0.368. The molecule has 0 amide bonds. The molecular weight excluding hydrogens is 228 g/mol. The van der Waals surface area contributed by atoms with Crippen LogP contribution in [0.3, 0.4) is 0 Å². The first-order valence-corrected chi connectivity index (χ1v) is 7.03. The third kappa shape index (κ3) is 2.58. The molecule has 0 aliphatic heterocycles. The fourth-order valence-electron chi connectivity index (χ4n) is 2.68. The van der Waals surface area contributed by atoms with Gasteiger partial charge in [0, 0.05) is 0 Å². The van der Waals surface area contributed by atoms with Crippen molar-refractivity contribution < 1.29 is 0 Å². The highest BCUT2D eigenvalue weighted by Gasteiger charge is 2.09. The minimum Gasteiger partial charge on any atom is -0.0588 e. The molecule has 0 spiro atoms. The van der Waals surface area contributed by atoms with Crippen molar-refractivity contribution in [2.45, 2.75) is 48.0 Å². The highest BCUT2D eigenvalue weighted by Crippen LogP contribution is 2.24. The van der Waals surface area contributed by atoms with Crippen molar-refractivity contribution in [1.29, 1.82) is 0 Å². The molecule has 0 N–H and O–H groups in total. The molecule has 0 aromatic heterocycles. The van der Waals surface area contributed by atoms with Crippen LogP contribution in [-0.2, 0) is 6.42 Å².